The molecule has 1 amide bonds. The van der Waals surface area contributed by atoms with Gasteiger partial charge in [-0.3, -0.25) is 4.79 Å². The number of nitrogens with zero attached hydrogens (tertiary/aromatic N) is 4. The van der Waals surface area contributed by atoms with Crippen molar-refractivity contribution in [1.29, 1.82) is 0 Å². The number of carbonyl (C=O) groups is 1. The van der Waals surface area contributed by atoms with Crippen molar-refractivity contribution in [3.63, 3.8) is 0 Å². The van der Waals surface area contributed by atoms with E-state index < -0.39 is 0 Å². The molecule has 2 aromatic rings. The maximum Gasteiger partial charge on any atom is 0.230 e. The molecule has 1 aromatic heterocycles. The van der Waals surface area contributed by atoms with Crippen molar-refractivity contribution in [3.05, 3.63) is 24.3 Å². The molecule has 0 saturated heterocycles. The molecule has 0 radical (unpaired) electrons. The van der Waals surface area contributed by atoms with Crippen molar-refractivity contribution in [2.45, 2.75) is 18.1 Å². The summed E-state index contributed by atoms with van der Waals surface area (Å²) in [6.07, 6.45) is 0. The van der Waals surface area contributed by atoms with Crippen molar-refractivity contribution in [2.75, 3.05) is 19.5 Å². The number of aromatic nitrogens is 4. The van der Waals surface area contributed by atoms with Crippen LogP contribution in [0.25, 0.3) is 5.69 Å². The van der Waals surface area contributed by atoms with Gasteiger partial charge in [-0.05, 0) is 41.6 Å². The zero-order valence-electron chi connectivity index (χ0n) is 12.3. The van der Waals surface area contributed by atoms with Crippen LogP contribution in [0.1, 0.15) is 6.92 Å². The molecule has 2 N–H and O–H groups in total. The fourth-order valence-electron chi connectivity index (χ4n) is 1.76. The highest BCUT2D eigenvalue weighted by Crippen LogP contribution is 2.19. The summed E-state index contributed by atoms with van der Waals surface area (Å²) < 4.78 is 6.47. The molecule has 118 valence electrons. The summed E-state index contributed by atoms with van der Waals surface area (Å²) in [5.74, 6) is 0.249. The number of amides is 1. The number of hydrogen-bond donors (Lipinski definition) is 2. The summed E-state index contributed by atoms with van der Waals surface area (Å²) in [5, 5.41) is 24.0. The number of benzene rings is 1. The average Bonchev–Trinajstić information content (AvgIpc) is 2.94. The summed E-state index contributed by atoms with van der Waals surface area (Å²) in [6, 6.07) is 6.42. The van der Waals surface area contributed by atoms with Crippen LogP contribution in [0, 0.1) is 0 Å². The van der Waals surface area contributed by atoms with E-state index in [1.165, 1.54) is 16.4 Å². The topological polar surface area (TPSA) is 102 Å². The van der Waals surface area contributed by atoms with Crippen molar-refractivity contribution >= 4 is 17.7 Å². The Kier molecular flexibility index (Phi) is 5.73. The summed E-state index contributed by atoms with van der Waals surface area (Å²) in [7, 11) is 1.59. The molecule has 0 aliphatic rings. The van der Waals surface area contributed by atoms with E-state index in [-0.39, 0.29) is 23.5 Å². The predicted octanol–water partition coefficient (Wildman–Crippen LogP) is 0.611. The molecular weight excluding hydrogens is 306 g/mol. The number of phenols is 1. The smallest absolute Gasteiger partial charge is 0.230 e. The standard InChI is InChI=1S/C13H17N5O3S/c1-9(7-21-2)14-12(20)8-22-13-15-16-17-18(13)10-3-5-11(19)6-4-10/h3-6,9,19H,7-8H2,1-2H3,(H,14,20)/t9-/m1/s1. The lowest BCUT2D eigenvalue weighted by Gasteiger charge is -2.12. The highest BCUT2D eigenvalue weighted by atomic mass is 32.2. The first kappa shape index (κ1) is 16.2. The van der Waals surface area contributed by atoms with E-state index in [4.69, 9.17) is 4.74 Å². The van der Waals surface area contributed by atoms with Gasteiger partial charge in [0.05, 0.1) is 18.0 Å². The highest BCUT2D eigenvalue weighted by Gasteiger charge is 2.13. The number of tetrazole rings is 1. The molecule has 0 fully saturated rings. The minimum absolute atomic E-state index is 0.0498. The minimum Gasteiger partial charge on any atom is -0.508 e. The summed E-state index contributed by atoms with van der Waals surface area (Å²) in [6.45, 7) is 2.33. The third-order valence-electron chi connectivity index (χ3n) is 2.69. The van der Waals surface area contributed by atoms with Crippen LogP contribution in [0.15, 0.2) is 29.4 Å². The normalized spacial score (nSPS) is 12.1. The van der Waals surface area contributed by atoms with E-state index >= 15 is 0 Å². The Balaban J connectivity index is 1.96. The fraction of sp³-hybridized carbons (Fsp3) is 0.385. The molecule has 0 aliphatic heterocycles. The summed E-state index contributed by atoms with van der Waals surface area (Å²) in [4.78, 5) is 11.8. The molecular formula is C13H17N5O3S. The number of carbonyl (C=O) groups excluding carboxylic acids is 1. The number of hydrogen-bond acceptors (Lipinski definition) is 7. The quantitative estimate of drug-likeness (QED) is 0.720. The Labute approximate surface area is 131 Å². The van der Waals surface area contributed by atoms with Crippen LogP contribution < -0.4 is 5.32 Å². The van der Waals surface area contributed by atoms with E-state index in [9.17, 15) is 9.90 Å². The average molecular weight is 323 g/mol. The first-order valence-electron chi connectivity index (χ1n) is 6.59. The van der Waals surface area contributed by atoms with Crippen molar-refractivity contribution in [1.82, 2.24) is 25.5 Å². The molecule has 0 unspecified atom stereocenters. The van der Waals surface area contributed by atoms with Crippen LogP contribution in [-0.2, 0) is 9.53 Å². The van der Waals surface area contributed by atoms with Gasteiger partial charge in [-0.2, -0.15) is 4.68 Å². The second-order valence-electron chi connectivity index (χ2n) is 4.60. The Hall–Kier alpha value is -2.13. The third kappa shape index (κ3) is 4.43. The Morgan fingerprint density at radius 1 is 1.45 bits per heavy atom. The van der Waals surface area contributed by atoms with E-state index in [0.717, 1.165) is 0 Å². The Morgan fingerprint density at radius 3 is 2.86 bits per heavy atom. The Morgan fingerprint density at radius 2 is 2.18 bits per heavy atom. The maximum atomic E-state index is 11.8. The summed E-state index contributed by atoms with van der Waals surface area (Å²) >= 11 is 1.23. The molecule has 0 spiro atoms. The SMILES string of the molecule is COC[C@@H](C)NC(=O)CSc1nnnn1-c1ccc(O)cc1. The van der Waals surface area contributed by atoms with E-state index in [1.807, 2.05) is 6.92 Å². The van der Waals surface area contributed by atoms with Crippen LogP contribution >= 0.6 is 11.8 Å². The predicted molar refractivity (Wildman–Crippen MR) is 81.0 cm³/mol. The second kappa shape index (κ2) is 7.76. The van der Waals surface area contributed by atoms with Crippen LogP contribution in [-0.4, -0.2) is 56.7 Å². The van der Waals surface area contributed by atoms with Gasteiger partial charge in [-0.1, -0.05) is 11.8 Å². The van der Waals surface area contributed by atoms with E-state index in [0.29, 0.717) is 17.5 Å². The molecule has 22 heavy (non-hydrogen) atoms. The monoisotopic (exact) mass is 323 g/mol. The van der Waals surface area contributed by atoms with Crippen LogP contribution in [0.3, 0.4) is 0 Å². The fourth-order valence-corrected chi connectivity index (χ4v) is 2.47. The lowest BCUT2D eigenvalue weighted by atomic mass is 10.3. The molecule has 0 bridgehead atoms. The number of ether oxygens (including phenoxy) is 1. The van der Waals surface area contributed by atoms with E-state index in [1.54, 1.807) is 31.4 Å². The zero-order valence-corrected chi connectivity index (χ0v) is 13.1. The molecule has 1 atom stereocenters. The summed E-state index contributed by atoms with van der Waals surface area (Å²) in [5.41, 5.74) is 0.707. The van der Waals surface area contributed by atoms with Gasteiger partial charge in [0.1, 0.15) is 5.75 Å². The van der Waals surface area contributed by atoms with Gasteiger partial charge >= 0.3 is 0 Å². The van der Waals surface area contributed by atoms with Gasteiger partial charge in [0, 0.05) is 13.2 Å². The molecule has 1 heterocycles. The first-order chi connectivity index (χ1) is 10.6. The van der Waals surface area contributed by atoms with Gasteiger partial charge in [0.15, 0.2) is 0 Å². The number of thioether (sulfide) groups is 1. The minimum atomic E-state index is -0.116. The number of aromatic hydroxyl groups is 1. The lowest BCUT2D eigenvalue weighted by molar-refractivity contribution is -0.119. The van der Waals surface area contributed by atoms with Crippen molar-refractivity contribution in [2.24, 2.45) is 0 Å². The molecule has 0 aliphatic carbocycles. The lowest BCUT2D eigenvalue weighted by Crippen LogP contribution is -2.36. The van der Waals surface area contributed by atoms with Gasteiger partial charge in [0.2, 0.25) is 11.1 Å². The maximum absolute atomic E-state index is 11.8. The van der Waals surface area contributed by atoms with Gasteiger partial charge in [0.25, 0.3) is 0 Å². The molecule has 8 nitrogen and oxygen atoms in total. The van der Waals surface area contributed by atoms with Gasteiger partial charge < -0.3 is 15.2 Å². The Bertz CT molecular complexity index is 616. The second-order valence-corrected chi connectivity index (χ2v) is 5.54. The number of nitrogens with one attached hydrogen (secondary N) is 1. The number of rotatable bonds is 7. The molecule has 0 saturated carbocycles. The number of phenolic OH excluding ortho intramolecular Hbond substituents is 1. The van der Waals surface area contributed by atoms with Gasteiger partial charge in [-0.25, -0.2) is 0 Å². The van der Waals surface area contributed by atoms with Crippen LogP contribution in [0.2, 0.25) is 0 Å². The first-order valence-corrected chi connectivity index (χ1v) is 7.57. The molecule has 2 rings (SSSR count). The van der Waals surface area contributed by atoms with Crippen LogP contribution in [0.5, 0.6) is 5.75 Å². The van der Waals surface area contributed by atoms with Gasteiger partial charge in [-0.15, -0.1) is 5.10 Å². The molecule has 1 aromatic carbocycles. The number of methoxy groups -OCH3 is 1. The third-order valence-corrected chi connectivity index (χ3v) is 3.61. The van der Waals surface area contributed by atoms with E-state index in [2.05, 4.69) is 20.8 Å². The highest BCUT2D eigenvalue weighted by molar-refractivity contribution is 7.99. The van der Waals surface area contributed by atoms with Crippen LogP contribution in [0.4, 0.5) is 0 Å². The molecule has 9 heteroatoms. The van der Waals surface area contributed by atoms with Crippen molar-refractivity contribution in [3.8, 4) is 11.4 Å². The largest absolute Gasteiger partial charge is 0.508 e. The zero-order chi connectivity index (χ0) is 15.9. The van der Waals surface area contributed by atoms with Crippen molar-refractivity contribution < 1.29 is 14.6 Å².